The molecule has 0 fully saturated rings. The largest absolute Gasteiger partial charge is 0.309 e. The summed E-state index contributed by atoms with van der Waals surface area (Å²) in [6, 6.07) is 49.1. The Balaban J connectivity index is 1.26. The van der Waals surface area contributed by atoms with Gasteiger partial charge >= 0.3 is 0 Å². The first-order valence-electron chi connectivity index (χ1n) is 20.8. The van der Waals surface area contributed by atoms with Crippen molar-refractivity contribution in [3.8, 4) is 11.4 Å². The summed E-state index contributed by atoms with van der Waals surface area (Å²) in [6.45, 7) is 8.95. The Morgan fingerprint density at radius 2 is 0.847 bits per heavy atom. The van der Waals surface area contributed by atoms with Crippen molar-refractivity contribution < 1.29 is 0 Å². The average Bonchev–Trinajstić information content (AvgIpc) is 3.82. The minimum absolute atomic E-state index is 0.343. The second-order valence-electron chi connectivity index (χ2n) is 15.9. The lowest BCUT2D eigenvalue weighted by Crippen LogP contribution is -2.31. The minimum atomic E-state index is -0.692. The van der Waals surface area contributed by atoms with Crippen molar-refractivity contribution in [2.45, 2.75) is 57.8 Å². The third-order valence-electron chi connectivity index (χ3n) is 12.7. The van der Waals surface area contributed by atoms with Crippen LogP contribution in [-0.4, -0.2) is 29.1 Å². The van der Waals surface area contributed by atoms with Crippen LogP contribution in [0.2, 0.25) is 0 Å². The molecule has 0 amide bonds. The van der Waals surface area contributed by atoms with Crippen LogP contribution in [0.25, 0.3) is 55.0 Å². The summed E-state index contributed by atoms with van der Waals surface area (Å²) in [5.74, 6) is 0.685. The van der Waals surface area contributed by atoms with Crippen molar-refractivity contribution in [1.82, 2.24) is 29.1 Å². The topological polar surface area (TPSA) is 61.4 Å². The van der Waals surface area contributed by atoms with Gasteiger partial charge in [-0.3, -0.25) is 19.9 Å². The summed E-state index contributed by atoms with van der Waals surface area (Å²) in [5, 5.41) is 4.39. The quantitative estimate of drug-likeness (QED) is 0.130. The number of nitrogens with zero attached hydrogens (tertiary/aromatic N) is 6. The van der Waals surface area contributed by atoms with E-state index in [0.29, 0.717) is 11.8 Å². The van der Waals surface area contributed by atoms with Gasteiger partial charge in [0.05, 0.1) is 27.5 Å². The van der Waals surface area contributed by atoms with E-state index in [2.05, 4.69) is 180 Å². The molecule has 10 rings (SSSR count). The van der Waals surface area contributed by atoms with Gasteiger partial charge in [-0.2, -0.15) is 0 Å². The van der Waals surface area contributed by atoms with Crippen molar-refractivity contribution in [3.05, 3.63) is 204 Å². The van der Waals surface area contributed by atoms with Crippen molar-refractivity contribution in [2.24, 2.45) is 0 Å². The molecule has 0 bridgehead atoms. The number of pyridine rings is 4. The second-order valence-corrected chi connectivity index (χ2v) is 15.9. The first kappa shape index (κ1) is 36.4. The van der Waals surface area contributed by atoms with Gasteiger partial charge in [-0.1, -0.05) is 113 Å². The molecule has 0 aliphatic rings. The third-order valence-corrected chi connectivity index (χ3v) is 12.7. The lowest BCUT2D eigenvalue weighted by molar-refractivity contribution is 0.709. The maximum atomic E-state index is 4.95. The predicted molar refractivity (Wildman–Crippen MR) is 242 cm³/mol. The molecule has 0 aliphatic carbocycles. The van der Waals surface area contributed by atoms with E-state index in [1.165, 1.54) is 22.3 Å². The van der Waals surface area contributed by atoms with E-state index < -0.39 is 5.41 Å². The standard InChI is InChI=1S/C53H46N6/c1-5-35(3)47-29-51-45(33-56-47)43-31-54-25-23-49(43)58(51)41-21-13-19-39(27-41)53(37-15-9-7-10-16-37,38-17-11-8-12-18-38)40-20-14-22-42(28-40)59-50-24-26-55-32-44(50)46-34-57-48(30-52(46)59)36(4)6-2/h7-36H,5-6H2,1-4H3. The van der Waals surface area contributed by atoms with E-state index in [1.807, 2.05) is 37.2 Å². The lowest BCUT2D eigenvalue weighted by Gasteiger charge is -2.37. The van der Waals surface area contributed by atoms with Crippen LogP contribution < -0.4 is 0 Å². The molecule has 4 aromatic carbocycles. The molecular formula is C53H46N6. The molecule has 0 aliphatic heterocycles. The Kier molecular flexibility index (Phi) is 9.13. The molecular weight excluding hydrogens is 721 g/mol. The number of rotatable bonds is 10. The van der Waals surface area contributed by atoms with Gasteiger partial charge in [-0.05, 0) is 95.5 Å². The van der Waals surface area contributed by atoms with Crippen LogP contribution in [0.3, 0.4) is 0 Å². The normalized spacial score (nSPS) is 13.1. The van der Waals surface area contributed by atoms with Crippen LogP contribution in [-0.2, 0) is 5.41 Å². The highest BCUT2D eigenvalue weighted by Gasteiger charge is 2.39. The van der Waals surface area contributed by atoms with Crippen molar-refractivity contribution in [2.75, 3.05) is 0 Å². The molecule has 6 aromatic heterocycles. The molecule has 0 N–H and O–H groups in total. The molecule has 0 saturated carbocycles. The second kappa shape index (κ2) is 14.8. The van der Waals surface area contributed by atoms with Gasteiger partial charge in [0.15, 0.2) is 0 Å². The molecule has 0 radical (unpaired) electrons. The Labute approximate surface area is 344 Å². The molecule has 6 nitrogen and oxygen atoms in total. The SMILES string of the molecule is CCC(C)c1cc2c(cn1)c1cnccc1n2-c1cccc(C(c2ccccc2)(c2ccccc2)c2cccc(-n3c4ccncc4c4cnc(C(C)CC)cc43)c2)c1. The van der Waals surface area contributed by atoms with Crippen molar-refractivity contribution >= 4 is 43.6 Å². The van der Waals surface area contributed by atoms with Gasteiger partial charge in [0.25, 0.3) is 0 Å². The molecule has 0 saturated heterocycles. The summed E-state index contributed by atoms with van der Waals surface area (Å²) in [7, 11) is 0. The fourth-order valence-electron chi connectivity index (χ4n) is 9.19. The van der Waals surface area contributed by atoms with E-state index in [9.17, 15) is 0 Å². The van der Waals surface area contributed by atoms with E-state index in [-0.39, 0.29) is 0 Å². The fraction of sp³-hybridized carbons (Fsp3) is 0.170. The van der Waals surface area contributed by atoms with Gasteiger partial charge in [0.1, 0.15) is 0 Å². The highest BCUT2D eigenvalue weighted by molar-refractivity contribution is 6.09. The Morgan fingerprint density at radius 3 is 1.27 bits per heavy atom. The first-order valence-corrected chi connectivity index (χ1v) is 20.8. The van der Waals surface area contributed by atoms with Crippen molar-refractivity contribution in [1.29, 1.82) is 0 Å². The van der Waals surface area contributed by atoms with E-state index in [1.54, 1.807) is 0 Å². The Morgan fingerprint density at radius 1 is 0.441 bits per heavy atom. The number of aromatic nitrogens is 6. The van der Waals surface area contributed by atoms with Crippen LogP contribution in [0.4, 0.5) is 0 Å². The number of hydrogen-bond donors (Lipinski definition) is 0. The highest BCUT2D eigenvalue weighted by atomic mass is 15.0. The predicted octanol–water partition coefficient (Wildman–Crippen LogP) is 12.9. The summed E-state index contributed by atoms with van der Waals surface area (Å²) < 4.78 is 4.80. The molecule has 59 heavy (non-hydrogen) atoms. The van der Waals surface area contributed by atoms with Gasteiger partial charge in [0.2, 0.25) is 0 Å². The maximum Gasteiger partial charge on any atom is 0.0703 e. The van der Waals surface area contributed by atoms with E-state index in [4.69, 9.17) is 9.97 Å². The zero-order valence-electron chi connectivity index (χ0n) is 33.9. The Hall–Kier alpha value is -6.92. The molecule has 6 heterocycles. The molecule has 10 aromatic rings. The molecule has 2 unspecified atom stereocenters. The average molecular weight is 767 g/mol. The van der Waals surface area contributed by atoms with Crippen LogP contribution in [0, 0.1) is 0 Å². The molecule has 288 valence electrons. The number of fused-ring (bicyclic) bond motifs is 6. The zero-order valence-corrected chi connectivity index (χ0v) is 33.9. The molecule has 6 heteroatoms. The zero-order chi connectivity index (χ0) is 40.1. The van der Waals surface area contributed by atoms with Gasteiger partial charge in [0, 0.05) is 81.5 Å². The van der Waals surface area contributed by atoms with Gasteiger partial charge in [-0.25, -0.2) is 0 Å². The smallest absolute Gasteiger partial charge is 0.0703 e. The monoisotopic (exact) mass is 766 g/mol. The third kappa shape index (κ3) is 5.85. The van der Waals surface area contributed by atoms with Crippen LogP contribution in [0.1, 0.15) is 86.0 Å². The minimum Gasteiger partial charge on any atom is -0.309 e. The highest BCUT2D eigenvalue weighted by Crippen LogP contribution is 2.47. The lowest BCUT2D eigenvalue weighted by atomic mass is 9.65. The molecule has 0 spiro atoms. The van der Waals surface area contributed by atoms with Gasteiger partial charge in [-0.15, -0.1) is 0 Å². The number of benzene rings is 4. The maximum absolute atomic E-state index is 4.95. The summed E-state index contributed by atoms with van der Waals surface area (Å²) in [6.07, 6.45) is 13.8. The van der Waals surface area contributed by atoms with Crippen LogP contribution in [0.5, 0.6) is 0 Å². The van der Waals surface area contributed by atoms with E-state index >= 15 is 0 Å². The van der Waals surface area contributed by atoms with Gasteiger partial charge < -0.3 is 9.13 Å². The fourth-order valence-corrected chi connectivity index (χ4v) is 9.19. The van der Waals surface area contributed by atoms with Crippen LogP contribution in [0.15, 0.2) is 171 Å². The van der Waals surface area contributed by atoms with Crippen molar-refractivity contribution in [3.63, 3.8) is 0 Å². The molecule has 2 atom stereocenters. The van der Waals surface area contributed by atoms with Crippen LogP contribution >= 0.6 is 0 Å². The summed E-state index contributed by atoms with van der Waals surface area (Å²) >= 11 is 0. The first-order chi connectivity index (χ1) is 29.0. The number of hydrogen-bond acceptors (Lipinski definition) is 4. The summed E-state index contributed by atoms with van der Waals surface area (Å²) in [5.41, 5.74) is 12.9. The summed E-state index contributed by atoms with van der Waals surface area (Å²) in [4.78, 5) is 19.0. The van der Waals surface area contributed by atoms with E-state index in [0.717, 1.165) is 79.2 Å². The Bertz CT molecular complexity index is 2910.